The molecule has 0 saturated carbocycles. The summed E-state index contributed by atoms with van der Waals surface area (Å²) in [5.74, 6) is 0.309. The maximum Gasteiger partial charge on any atom is 0.200 e. The summed E-state index contributed by atoms with van der Waals surface area (Å²) in [4.78, 5) is 13.8. The van der Waals surface area contributed by atoms with Crippen LogP contribution in [0.25, 0.3) is 0 Å². The topological polar surface area (TPSA) is 51.0 Å². The van der Waals surface area contributed by atoms with Gasteiger partial charge in [0.05, 0.1) is 12.1 Å². The van der Waals surface area contributed by atoms with Crippen LogP contribution in [-0.4, -0.2) is 17.9 Å². The molecule has 3 aromatic rings. The lowest BCUT2D eigenvalue weighted by Gasteiger charge is -2.41. The van der Waals surface area contributed by atoms with Crippen LogP contribution >= 0.6 is 11.6 Å². The summed E-state index contributed by atoms with van der Waals surface area (Å²) in [6.45, 7) is 0.433. The number of fused-ring (bicyclic) bond motifs is 1. The maximum atomic E-state index is 13.8. The number of para-hydroxylation sites is 1. The van der Waals surface area contributed by atoms with E-state index in [1.54, 1.807) is 6.07 Å². The average Bonchev–Trinajstić information content (AvgIpc) is 3.17. The van der Waals surface area contributed by atoms with Crippen LogP contribution in [0.5, 0.6) is 5.75 Å². The van der Waals surface area contributed by atoms with Gasteiger partial charge < -0.3 is 4.74 Å². The van der Waals surface area contributed by atoms with Crippen molar-refractivity contribution in [1.29, 1.82) is 0 Å². The highest BCUT2D eigenvalue weighted by molar-refractivity contribution is 6.30. The number of hydrogen-bond donors (Lipinski definition) is 0. The van der Waals surface area contributed by atoms with Gasteiger partial charge in [0.2, 0.25) is 5.78 Å². The molecule has 3 atom stereocenters. The van der Waals surface area contributed by atoms with Crippen LogP contribution in [0.15, 0.2) is 89.1 Å². The largest absolute Gasteiger partial charge is 0.482 e. The average molecular weight is 389 g/mol. The number of hydrogen-bond acceptors (Lipinski definition) is 4. The lowest BCUT2D eigenvalue weighted by molar-refractivity contribution is 0.0521. The molecule has 28 heavy (non-hydrogen) atoms. The lowest BCUT2D eigenvalue weighted by atomic mass is 9.69. The van der Waals surface area contributed by atoms with Gasteiger partial charge in [-0.3, -0.25) is 4.79 Å². The summed E-state index contributed by atoms with van der Waals surface area (Å²) in [5.41, 5.74) is 1.30. The number of carbonyl (C=O) groups excluding carboxylic acids is 1. The van der Waals surface area contributed by atoms with E-state index in [0.29, 0.717) is 22.9 Å². The molecular weight excluding hydrogens is 372 g/mol. The van der Waals surface area contributed by atoms with Crippen molar-refractivity contribution < 1.29 is 9.53 Å². The molecule has 4 nitrogen and oxygen atoms in total. The Morgan fingerprint density at radius 1 is 0.893 bits per heavy atom. The minimum atomic E-state index is -1.14. The third-order valence-corrected chi connectivity index (χ3v) is 5.80. The second-order valence-corrected chi connectivity index (χ2v) is 7.52. The van der Waals surface area contributed by atoms with Crippen LogP contribution in [-0.2, 0) is 0 Å². The summed E-state index contributed by atoms with van der Waals surface area (Å²) < 4.78 is 6.40. The molecule has 0 saturated heterocycles. The Bertz CT molecular complexity index is 1070. The van der Waals surface area contributed by atoms with E-state index >= 15 is 0 Å². The maximum absolute atomic E-state index is 13.8. The summed E-state index contributed by atoms with van der Waals surface area (Å²) in [6.07, 6.45) is -0.553. The van der Waals surface area contributed by atoms with Crippen LogP contribution in [0.2, 0.25) is 5.02 Å². The number of ketones is 1. The van der Waals surface area contributed by atoms with Gasteiger partial charge in [-0.1, -0.05) is 66.2 Å². The predicted molar refractivity (Wildman–Crippen MR) is 107 cm³/mol. The molecule has 2 aliphatic rings. The smallest absolute Gasteiger partial charge is 0.200 e. The van der Waals surface area contributed by atoms with Crippen molar-refractivity contribution in [2.24, 2.45) is 10.2 Å². The van der Waals surface area contributed by atoms with Crippen molar-refractivity contribution in [3.63, 3.8) is 0 Å². The third kappa shape index (κ3) is 2.49. The molecule has 138 valence electrons. The van der Waals surface area contributed by atoms with Crippen LogP contribution in [0, 0.1) is 0 Å². The van der Waals surface area contributed by atoms with Crippen molar-refractivity contribution in [3.8, 4) is 5.75 Å². The van der Waals surface area contributed by atoms with Crippen molar-refractivity contribution in [1.82, 2.24) is 0 Å². The fourth-order valence-electron chi connectivity index (χ4n) is 4.20. The van der Waals surface area contributed by atoms with Crippen LogP contribution in [0.4, 0.5) is 0 Å². The second-order valence-electron chi connectivity index (χ2n) is 7.09. The molecule has 3 aromatic carbocycles. The Balaban J connectivity index is 1.72. The standard InChI is InChI=1S/C23H17ClN2O2/c24-17-12-10-15(11-13-17)19-14-25-26-23(19)21(27)18-8-4-5-9-20(18)28-22(23)16-6-2-1-3-7-16/h1-13,19,22H,14H2/t19-,22+,23+/m1/s1. The molecule has 2 heterocycles. The number of carbonyl (C=O) groups is 1. The summed E-state index contributed by atoms with van der Waals surface area (Å²) in [6, 6.07) is 24.7. The Kier molecular flexibility index (Phi) is 4.02. The van der Waals surface area contributed by atoms with Crippen molar-refractivity contribution in [2.45, 2.75) is 17.6 Å². The molecule has 0 amide bonds. The molecular formula is C23H17ClN2O2. The van der Waals surface area contributed by atoms with Crippen molar-refractivity contribution >= 4 is 17.4 Å². The number of ether oxygens (including phenoxy) is 1. The van der Waals surface area contributed by atoms with E-state index in [4.69, 9.17) is 16.3 Å². The highest BCUT2D eigenvalue weighted by atomic mass is 35.5. The van der Waals surface area contributed by atoms with E-state index in [9.17, 15) is 4.79 Å². The van der Waals surface area contributed by atoms with Gasteiger partial charge in [0.15, 0.2) is 11.6 Å². The summed E-state index contributed by atoms with van der Waals surface area (Å²) in [7, 11) is 0. The van der Waals surface area contributed by atoms with Gasteiger partial charge in [0, 0.05) is 10.9 Å². The first-order valence-electron chi connectivity index (χ1n) is 9.20. The molecule has 5 heteroatoms. The zero-order valence-electron chi connectivity index (χ0n) is 15.0. The van der Waals surface area contributed by atoms with E-state index in [-0.39, 0.29) is 11.7 Å². The van der Waals surface area contributed by atoms with Crippen LogP contribution in [0.1, 0.15) is 33.5 Å². The minimum Gasteiger partial charge on any atom is -0.482 e. The number of halogens is 1. The summed E-state index contributed by atoms with van der Waals surface area (Å²) >= 11 is 6.08. The molecule has 0 fully saturated rings. The Hall–Kier alpha value is -2.98. The highest BCUT2D eigenvalue weighted by Crippen LogP contribution is 2.52. The van der Waals surface area contributed by atoms with Gasteiger partial charge in [0.25, 0.3) is 0 Å². The van der Waals surface area contributed by atoms with E-state index < -0.39 is 11.6 Å². The fourth-order valence-corrected chi connectivity index (χ4v) is 4.33. The Morgan fingerprint density at radius 2 is 1.61 bits per heavy atom. The third-order valence-electron chi connectivity index (χ3n) is 5.55. The predicted octanol–water partition coefficient (Wildman–Crippen LogP) is 5.64. The molecule has 0 radical (unpaired) electrons. The zero-order valence-corrected chi connectivity index (χ0v) is 15.7. The van der Waals surface area contributed by atoms with Gasteiger partial charge in [-0.2, -0.15) is 10.2 Å². The van der Waals surface area contributed by atoms with E-state index in [1.807, 2.05) is 72.8 Å². The fraction of sp³-hybridized carbons (Fsp3) is 0.174. The molecule has 0 bridgehead atoms. The Morgan fingerprint density at radius 3 is 2.39 bits per heavy atom. The van der Waals surface area contributed by atoms with E-state index in [0.717, 1.165) is 11.1 Å². The van der Waals surface area contributed by atoms with Crippen molar-refractivity contribution in [2.75, 3.05) is 6.54 Å². The lowest BCUT2D eigenvalue weighted by Crippen LogP contribution is -2.51. The quantitative estimate of drug-likeness (QED) is 0.570. The highest BCUT2D eigenvalue weighted by Gasteiger charge is 2.60. The Labute approximate surface area is 167 Å². The molecule has 0 aliphatic carbocycles. The van der Waals surface area contributed by atoms with Gasteiger partial charge in [-0.15, -0.1) is 0 Å². The van der Waals surface area contributed by atoms with Gasteiger partial charge in [-0.05, 0) is 35.4 Å². The van der Waals surface area contributed by atoms with E-state index in [2.05, 4.69) is 10.2 Å². The first-order valence-corrected chi connectivity index (χ1v) is 9.57. The molecule has 2 aliphatic heterocycles. The SMILES string of the molecule is O=C1c2ccccc2O[C@@H](c2ccccc2)[C@@]12N=NC[C@@H]2c1ccc(Cl)cc1. The van der Waals surface area contributed by atoms with Crippen LogP contribution in [0.3, 0.4) is 0 Å². The number of azo groups is 1. The van der Waals surface area contributed by atoms with Gasteiger partial charge in [0.1, 0.15) is 5.75 Å². The minimum absolute atomic E-state index is 0.0515. The molecule has 1 spiro atoms. The monoisotopic (exact) mass is 388 g/mol. The number of rotatable bonds is 2. The summed E-state index contributed by atoms with van der Waals surface area (Å²) in [5, 5.41) is 9.55. The molecule has 0 N–H and O–H groups in total. The first-order chi connectivity index (χ1) is 13.7. The molecule has 0 unspecified atom stereocenters. The van der Waals surface area contributed by atoms with Gasteiger partial charge >= 0.3 is 0 Å². The molecule has 5 rings (SSSR count). The number of nitrogens with zero attached hydrogens (tertiary/aromatic N) is 2. The van der Waals surface area contributed by atoms with Gasteiger partial charge in [-0.25, -0.2) is 0 Å². The number of Topliss-reactive ketones (excluding diaryl/α,β-unsaturated/α-hetero) is 1. The van der Waals surface area contributed by atoms with E-state index in [1.165, 1.54) is 0 Å². The zero-order chi connectivity index (χ0) is 19.1. The normalized spacial score (nSPS) is 25.5. The molecule has 0 aromatic heterocycles. The number of benzene rings is 3. The first kappa shape index (κ1) is 17.1. The van der Waals surface area contributed by atoms with Crippen LogP contribution < -0.4 is 4.74 Å². The second kappa shape index (κ2) is 6.57. The van der Waals surface area contributed by atoms with Crippen molar-refractivity contribution in [3.05, 3.63) is 101 Å².